The maximum absolute atomic E-state index is 11.6. The lowest BCUT2D eigenvalue weighted by atomic mass is 10.2. The maximum atomic E-state index is 11.6. The Labute approximate surface area is 88.2 Å². The molecule has 0 aliphatic carbocycles. The summed E-state index contributed by atoms with van der Waals surface area (Å²) in [5, 5.41) is 7.27. The van der Waals surface area contributed by atoms with Crippen LogP contribution in [-0.2, 0) is 0 Å². The van der Waals surface area contributed by atoms with Crippen molar-refractivity contribution in [3.05, 3.63) is 16.9 Å². The van der Waals surface area contributed by atoms with Crippen molar-refractivity contribution < 1.29 is 4.79 Å². The number of rotatable bonds is 4. The Bertz CT molecular complexity index is 333. The van der Waals surface area contributed by atoms with E-state index in [2.05, 4.69) is 10.4 Å². The number of likely N-dealkylation sites (N-methyl/N-ethyl adjacent to an activating group) is 1. The number of ketones is 1. The molecule has 1 aromatic rings. The van der Waals surface area contributed by atoms with E-state index in [0.29, 0.717) is 10.7 Å². The summed E-state index contributed by atoms with van der Waals surface area (Å²) in [6.45, 7) is 4.19. The highest BCUT2D eigenvalue weighted by Gasteiger charge is 2.17. The maximum Gasteiger partial charge on any atom is 0.196 e. The van der Waals surface area contributed by atoms with Gasteiger partial charge in [-0.05, 0) is 20.9 Å². The smallest absolute Gasteiger partial charge is 0.196 e. The highest BCUT2D eigenvalue weighted by Crippen LogP contribution is 2.18. The molecule has 0 aliphatic heterocycles. The number of hydrogen-bond donors (Lipinski definition) is 1. The van der Waals surface area contributed by atoms with E-state index in [1.165, 1.54) is 6.20 Å². The van der Waals surface area contributed by atoms with Crippen LogP contribution in [-0.4, -0.2) is 29.2 Å². The minimum atomic E-state index is -0.0382. The van der Waals surface area contributed by atoms with Gasteiger partial charge in [0.05, 0.1) is 17.8 Å². The summed E-state index contributed by atoms with van der Waals surface area (Å²) in [5.74, 6) is -0.0382. The molecule has 0 radical (unpaired) electrons. The van der Waals surface area contributed by atoms with Gasteiger partial charge >= 0.3 is 0 Å². The summed E-state index contributed by atoms with van der Waals surface area (Å²) in [7, 11) is 1.72. The Morgan fingerprint density at radius 2 is 2.36 bits per heavy atom. The summed E-state index contributed by atoms with van der Waals surface area (Å²) < 4.78 is 1.64. The van der Waals surface area contributed by atoms with Crippen LogP contribution in [0.5, 0.6) is 0 Å². The average Bonchev–Trinajstić information content (AvgIpc) is 2.47. The molecule has 0 unspecified atom stereocenters. The van der Waals surface area contributed by atoms with Crippen LogP contribution in [0.3, 0.4) is 0 Å². The van der Waals surface area contributed by atoms with E-state index >= 15 is 0 Å². The molecule has 14 heavy (non-hydrogen) atoms. The zero-order chi connectivity index (χ0) is 10.7. The van der Waals surface area contributed by atoms with Crippen LogP contribution in [0, 0.1) is 0 Å². The van der Waals surface area contributed by atoms with Crippen LogP contribution in [0.1, 0.15) is 30.4 Å². The predicted molar refractivity (Wildman–Crippen MR) is 55.9 cm³/mol. The first-order chi connectivity index (χ1) is 6.57. The lowest BCUT2D eigenvalue weighted by Gasteiger charge is -2.09. The molecule has 78 valence electrons. The molecule has 0 saturated carbocycles. The molecule has 1 heterocycles. The first kappa shape index (κ1) is 11.2. The van der Waals surface area contributed by atoms with Crippen LogP contribution >= 0.6 is 11.6 Å². The van der Waals surface area contributed by atoms with Gasteiger partial charge in [0.25, 0.3) is 0 Å². The summed E-state index contributed by atoms with van der Waals surface area (Å²) in [5.41, 5.74) is 0.482. The Morgan fingerprint density at radius 3 is 2.86 bits per heavy atom. The van der Waals surface area contributed by atoms with Crippen molar-refractivity contribution in [3.8, 4) is 0 Å². The normalized spacial score (nSPS) is 10.9. The molecule has 0 spiro atoms. The number of halogens is 1. The molecular formula is C9H14ClN3O. The number of carbonyl (C=O) groups excluding carboxylic acids is 1. The van der Waals surface area contributed by atoms with Crippen molar-refractivity contribution in [2.45, 2.75) is 19.9 Å². The third-order valence-electron chi connectivity index (χ3n) is 1.84. The number of carbonyl (C=O) groups is 1. The number of nitrogens with zero attached hydrogens (tertiary/aromatic N) is 2. The quantitative estimate of drug-likeness (QED) is 0.775. The number of nitrogens with one attached hydrogen (secondary N) is 1. The second kappa shape index (κ2) is 4.57. The highest BCUT2D eigenvalue weighted by molar-refractivity contribution is 6.33. The molecule has 0 amide bonds. The standard InChI is InChI=1S/C9H14ClN3O/c1-6(2)13-9(7(10)4-12-13)8(14)5-11-3/h4,6,11H,5H2,1-3H3. The van der Waals surface area contributed by atoms with Crippen LogP contribution < -0.4 is 5.32 Å². The van der Waals surface area contributed by atoms with Gasteiger partial charge in [-0.3, -0.25) is 9.48 Å². The molecule has 0 fully saturated rings. The van der Waals surface area contributed by atoms with Gasteiger partial charge in [-0.1, -0.05) is 11.6 Å². The van der Waals surface area contributed by atoms with Gasteiger partial charge in [0.2, 0.25) is 0 Å². The zero-order valence-corrected chi connectivity index (χ0v) is 9.30. The van der Waals surface area contributed by atoms with Gasteiger partial charge in [0, 0.05) is 6.04 Å². The van der Waals surface area contributed by atoms with Crippen LogP contribution in [0.2, 0.25) is 5.02 Å². The fraction of sp³-hybridized carbons (Fsp3) is 0.556. The third-order valence-corrected chi connectivity index (χ3v) is 2.12. The van der Waals surface area contributed by atoms with Gasteiger partial charge in [-0.15, -0.1) is 0 Å². The van der Waals surface area contributed by atoms with E-state index in [0.717, 1.165) is 0 Å². The first-order valence-electron chi connectivity index (χ1n) is 4.48. The fourth-order valence-electron chi connectivity index (χ4n) is 1.24. The summed E-state index contributed by atoms with van der Waals surface area (Å²) in [6, 6.07) is 0.137. The van der Waals surface area contributed by atoms with E-state index in [1.54, 1.807) is 11.7 Å². The Balaban J connectivity index is 3.04. The van der Waals surface area contributed by atoms with Gasteiger partial charge in [0.15, 0.2) is 5.78 Å². The number of hydrogen-bond acceptors (Lipinski definition) is 3. The van der Waals surface area contributed by atoms with Crippen LogP contribution in [0.15, 0.2) is 6.20 Å². The first-order valence-corrected chi connectivity index (χ1v) is 4.86. The second-order valence-corrected chi connectivity index (χ2v) is 3.74. The van der Waals surface area contributed by atoms with Crippen LogP contribution in [0.4, 0.5) is 0 Å². The van der Waals surface area contributed by atoms with Crippen molar-refractivity contribution >= 4 is 17.4 Å². The average molecular weight is 216 g/mol. The Kier molecular flexibility index (Phi) is 3.66. The molecule has 0 aromatic carbocycles. The molecule has 0 aliphatic rings. The Hall–Kier alpha value is -0.870. The van der Waals surface area contributed by atoms with E-state index in [9.17, 15) is 4.79 Å². The molecule has 1 N–H and O–H groups in total. The Morgan fingerprint density at radius 1 is 1.71 bits per heavy atom. The van der Waals surface area contributed by atoms with E-state index < -0.39 is 0 Å². The van der Waals surface area contributed by atoms with Crippen molar-refractivity contribution in [2.75, 3.05) is 13.6 Å². The van der Waals surface area contributed by atoms with Gasteiger partial charge in [0.1, 0.15) is 5.69 Å². The minimum Gasteiger partial charge on any atom is -0.313 e. The fourth-order valence-corrected chi connectivity index (χ4v) is 1.47. The third kappa shape index (κ3) is 2.13. The number of aromatic nitrogens is 2. The molecular weight excluding hydrogens is 202 g/mol. The van der Waals surface area contributed by atoms with E-state index in [1.807, 2.05) is 13.8 Å². The van der Waals surface area contributed by atoms with Gasteiger partial charge < -0.3 is 5.32 Å². The molecule has 1 rings (SSSR count). The van der Waals surface area contributed by atoms with Crippen molar-refractivity contribution in [1.82, 2.24) is 15.1 Å². The summed E-state index contributed by atoms with van der Waals surface area (Å²) in [6.07, 6.45) is 1.50. The molecule has 4 nitrogen and oxygen atoms in total. The monoisotopic (exact) mass is 215 g/mol. The van der Waals surface area contributed by atoms with E-state index in [4.69, 9.17) is 11.6 Å². The van der Waals surface area contributed by atoms with E-state index in [-0.39, 0.29) is 18.4 Å². The molecule has 1 aromatic heterocycles. The van der Waals surface area contributed by atoms with Crippen molar-refractivity contribution in [2.24, 2.45) is 0 Å². The second-order valence-electron chi connectivity index (χ2n) is 3.33. The minimum absolute atomic E-state index is 0.0382. The molecule has 5 heteroatoms. The summed E-state index contributed by atoms with van der Waals surface area (Å²) >= 11 is 5.89. The predicted octanol–water partition coefficient (Wildman–Crippen LogP) is 1.52. The van der Waals surface area contributed by atoms with Gasteiger partial charge in [-0.25, -0.2) is 0 Å². The zero-order valence-electron chi connectivity index (χ0n) is 8.54. The number of Topliss-reactive ketones (excluding diaryl/α,β-unsaturated/α-hetero) is 1. The molecule has 0 bridgehead atoms. The van der Waals surface area contributed by atoms with Crippen molar-refractivity contribution in [1.29, 1.82) is 0 Å². The molecule has 0 saturated heterocycles. The lowest BCUT2D eigenvalue weighted by molar-refractivity contribution is 0.0981. The van der Waals surface area contributed by atoms with Crippen LogP contribution in [0.25, 0.3) is 0 Å². The van der Waals surface area contributed by atoms with Gasteiger partial charge in [-0.2, -0.15) is 5.10 Å². The van der Waals surface area contributed by atoms with Crippen molar-refractivity contribution in [3.63, 3.8) is 0 Å². The largest absolute Gasteiger partial charge is 0.313 e. The molecule has 0 atom stereocenters. The highest BCUT2D eigenvalue weighted by atomic mass is 35.5. The SMILES string of the molecule is CNCC(=O)c1c(Cl)cnn1C(C)C. The summed E-state index contributed by atoms with van der Waals surface area (Å²) in [4.78, 5) is 11.6. The topological polar surface area (TPSA) is 46.9 Å². The lowest BCUT2D eigenvalue weighted by Crippen LogP contribution is -2.22.